The van der Waals surface area contributed by atoms with Crippen molar-refractivity contribution in [2.24, 2.45) is 11.5 Å². The Morgan fingerprint density at radius 2 is 2.04 bits per heavy atom. The smallest absolute Gasteiger partial charge is 0.255 e. The predicted octanol–water partition coefficient (Wildman–Crippen LogP) is 1.79. The molecule has 2 heterocycles. The molecule has 0 spiro atoms. The third kappa shape index (κ3) is 3.44. The van der Waals surface area contributed by atoms with Crippen LogP contribution in [0, 0.1) is 11.3 Å². The maximum absolute atomic E-state index is 10.9. The van der Waals surface area contributed by atoms with Crippen LogP contribution in [0.4, 0.5) is 0 Å². The molecule has 8 heteroatoms. The molecule has 1 atom stereocenters. The molecule has 1 aliphatic heterocycles. The van der Waals surface area contributed by atoms with Crippen LogP contribution in [0.1, 0.15) is 43.5 Å². The summed E-state index contributed by atoms with van der Waals surface area (Å²) in [6, 6.07) is 9.24. The van der Waals surface area contributed by atoms with Crippen LogP contribution in [-0.2, 0) is 10.2 Å². The average Bonchev–Trinajstić information content (AvgIpc) is 3.02. The van der Waals surface area contributed by atoms with Crippen LogP contribution in [0.15, 0.2) is 35.7 Å². The Kier molecular flexibility index (Phi) is 4.54. The van der Waals surface area contributed by atoms with E-state index in [1.807, 2.05) is 32.9 Å². The molecule has 140 valence electrons. The average molecular weight is 367 g/mol. The number of nitrogens with two attached hydrogens (primary N) is 2. The summed E-state index contributed by atoms with van der Waals surface area (Å²) < 4.78 is 10.9. The van der Waals surface area contributed by atoms with E-state index >= 15 is 0 Å². The van der Waals surface area contributed by atoms with Crippen molar-refractivity contribution in [1.29, 1.82) is 5.26 Å². The molecule has 0 bridgehead atoms. The number of ether oxygens (including phenoxy) is 2. The van der Waals surface area contributed by atoms with Crippen molar-refractivity contribution in [2.45, 2.75) is 32.1 Å². The second-order valence-electron chi connectivity index (χ2n) is 7.32. The van der Waals surface area contributed by atoms with Crippen LogP contribution >= 0.6 is 0 Å². The number of hydrogen-bond donors (Lipinski definition) is 3. The summed E-state index contributed by atoms with van der Waals surface area (Å²) in [5.74, 6) is -0.0595. The molecule has 1 amide bonds. The molecule has 0 saturated carbocycles. The van der Waals surface area contributed by atoms with Gasteiger partial charge >= 0.3 is 0 Å². The molecular formula is C19H21N5O3. The lowest BCUT2D eigenvalue weighted by Crippen LogP contribution is -2.24. The highest BCUT2D eigenvalue weighted by molar-refractivity contribution is 5.75. The zero-order valence-corrected chi connectivity index (χ0v) is 15.4. The number of allylic oxidation sites excluding steroid dienone is 1. The van der Waals surface area contributed by atoms with Gasteiger partial charge in [0.05, 0.1) is 11.5 Å². The van der Waals surface area contributed by atoms with Crippen LogP contribution in [0.25, 0.3) is 0 Å². The van der Waals surface area contributed by atoms with Gasteiger partial charge in [-0.05, 0) is 17.7 Å². The van der Waals surface area contributed by atoms with Crippen LogP contribution in [0.2, 0.25) is 0 Å². The van der Waals surface area contributed by atoms with Crippen molar-refractivity contribution < 1.29 is 14.3 Å². The molecule has 27 heavy (non-hydrogen) atoms. The zero-order chi connectivity index (χ0) is 19.8. The van der Waals surface area contributed by atoms with E-state index in [4.69, 9.17) is 20.9 Å². The lowest BCUT2D eigenvalue weighted by Gasteiger charge is -2.27. The number of aromatic nitrogens is 2. The van der Waals surface area contributed by atoms with Crippen molar-refractivity contribution in [3.8, 4) is 17.7 Å². The molecule has 5 N–H and O–H groups in total. The number of amides is 1. The summed E-state index contributed by atoms with van der Waals surface area (Å²) in [7, 11) is 0. The molecule has 0 saturated heterocycles. The normalized spacial score (nSPS) is 16.3. The molecule has 8 nitrogen and oxygen atoms in total. The van der Waals surface area contributed by atoms with Gasteiger partial charge in [0.2, 0.25) is 11.8 Å². The fraction of sp³-hybridized carbons (Fsp3) is 0.316. The summed E-state index contributed by atoms with van der Waals surface area (Å²) in [5.41, 5.74) is 13.6. The number of rotatable bonds is 4. The summed E-state index contributed by atoms with van der Waals surface area (Å²) in [4.78, 5) is 10.9. The van der Waals surface area contributed by atoms with Gasteiger partial charge in [0.1, 0.15) is 17.4 Å². The van der Waals surface area contributed by atoms with Gasteiger partial charge in [-0.3, -0.25) is 9.89 Å². The summed E-state index contributed by atoms with van der Waals surface area (Å²) in [6.45, 7) is 5.94. The molecule has 0 fully saturated rings. The Hall–Kier alpha value is -3.47. The van der Waals surface area contributed by atoms with Crippen molar-refractivity contribution in [2.75, 3.05) is 6.61 Å². The molecule has 1 aliphatic rings. The first-order valence-corrected chi connectivity index (χ1v) is 8.39. The number of carbonyl (C=O) groups excluding carboxylic acids is 1. The van der Waals surface area contributed by atoms with Crippen LogP contribution in [0.3, 0.4) is 0 Å². The van der Waals surface area contributed by atoms with Gasteiger partial charge in [0, 0.05) is 11.1 Å². The SMILES string of the molecule is CC(C)(C)c1[nH]nc2c1[C@H](c1ccc(OCC(N)=O)cc1)C(C#N)=C(N)O2. The van der Waals surface area contributed by atoms with Crippen molar-refractivity contribution in [1.82, 2.24) is 10.2 Å². The van der Waals surface area contributed by atoms with Gasteiger partial charge < -0.3 is 20.9 Å². The molecule has 0 aliphatic carbocycles. The largest absolute Gasteiger partial charge is 0.484 e. The summed E-state index contributed by atoms with van der Waals surface area (Å²) in [5, 5.41) is 16.9. The van der Waals surface area contributed by atoms with E-state index in [1.54, 1.807) is 12.1 Å². The predicted molar refractivity (Wildman–Crippen MR) is 97.7 cm³/mol. The van der Waals surface area contributed by atoms with E-state index in [-0.39, 0.29) is 17.9 Å². The second kappa shape index (κ2) is 6.68. The number of nitrogens with zero attached hydrogens (tertiary/aromatic N) is 2. The number of hydrogen-bond acceptors (Lipinski definition) is 6. The molecule has 1 aromatic carbocycles. The highest BCUT2D eigenvalue weighted by Crippen LogP contribution is 2.45. The number of carbonyl (C=O) groups is 1. The van der Waals surface area contributed by atoms with Crippen LogP contribution < -0.4 is 20.9 Å². The molecule has 1 aromatic heterocycles. The van der Waals surface area contributed by atoms with Crippen molar-refractivity contribution >= 4 is 5.91 Å². The Balaban J connectivity index is 2.07. The van der Waals surface area contributed by atoms with E-state index < -0.39 is 11.8 Å². The van der Waals surface area contributed by atoms with E-state index in [0.717, 1.165) is 16.8 Å². The Morgan fingerprint density at radius 3 is 2.59 bits per heavy atom. The van der Waals surface area contributed by atoms with Gasteiger partial charge in [-0.25, -0.2) is 0 Å². The maximum atomic E-state index is 10.9. The number of benzene rings is 1. The summed E-state index contributed by atoms with van der Waals surface area (Å²) in [6.07, 6.45) is 0. The van der Waals surface area contributed by atoms with Crippen LogP contribution in [-0.4, -0.2) is 22.7 Å². The quantitative estimate of drug-likeness (QED) is 0.752. The minimum absolute atomic E-state index is 0.0380. The zero-order valence-electron chi connectivity index (χ0n) is 15.4. The lowest BCUT2D eigenvalue weighted by atomic mass is 9.79. The highest BCUT2D eigenvalue weighted by Gasteiger charge is 2.37. The standard InChI is InChI=1S/C19H21N5O3/c1-19(2,3)16-15-14(12(8-20)17(22)27-18(15)24-23-16)10-4-6-11(7-5-10)26-9-13(21)25/h4-7,14H,9,22H2,1-3H3,(H2,21,25)(H,23,24)/t14-/m1/s1. The molecule has 3 rings (SSSR count). The van der Waals surface area contributed by atoms with Crippen molar-refractivity contribution in [3.63, 3.8) is 0 Å². The Labute approximate surface area is 156 Å². The number of nitrogens with one attached hydrogen (secondary N) is 1. The van der Waals surface area contributed by atoms with Gasteiger partial charge in [0.25, 0.3) is 5.91 Å². The highest BCUT2D eigenvalue weighted by atomic mass is 16.5. The number of aromatic amines is 1. The van der Waals surface area contributed by atoms with E-state index in [2.05, 4.69) is 16.3 Å². The van der Waals surface area contributed by atoms with Crippen molar-refractivity contribution in [3.05, 3.63) is 52.5 Å². The topological polar surface area (TPSA) is 140 Å². The fourth-order valence-corrected chi connectivity index (χ4v) is 3.06. The van der Waals surface area contributed by atoms with Gasteiger partial charge in [0.15, 0.2) is 6.61 Å². The first-order valence-electron chi connectivity index (χ1n) is 8.39. The van der Waals surface area contributed by atoms with Crippen LogP contribution in [0.5, 0.6) is 11.6 Å². The minimum Gasteiger partial charge on any atom is -0.484 e. The van der Waals surface area contributed by atoms with Gasteiger partial charge in [-0.15, -0.1) is 5.10 Å². The Morgan fingerprint density at radius 1 is 1.37 bits per heavy atom. The second-order valence-corrected chi connectivity index (χ2v) is 7.32. The first kappa shape index (κ1) is 18.3. The van der Waals surface area contributed by atoms with Gasteiger partial charge in [-0.1, -0.05) is 32.9 Å². The molecule has 0 unspecified atom stereocenters. The molecule has 0 radical (unpaired) electrons. The maximum Gasteiger partial charge on any atom is 0.255 e. The lowest BCUT2D eigenvalue weighted by molar-refractivity contribution is -0.119. The first-order chi connectivity index (χ1) is 12.7. The monoisotopic (exact) mass is 367 g/mol. The fourth-order valence-electron chi connectivity index (χ4n) is 3.06. The van der Waals surface area contributed by atoms with E-state index in [9.17, 15) is 10.1 Å². The summed E-state index contributed by atoms with van der Waals surface area (Å²) >= 11 is 0. The third-order valence-corrected chi connectivity index (χ3v) is 4.28. The molecular weight excluding hydrogens is 346 g/mol. The number of H-pyrrole nitrogens is 1. The van der Waals surface area contributed by atoms with E-state index in [0.29, 0.717) is 17.2 Å². The Bertz CT molecular complexity index is 945. The molecule has 2 aromatic rings. The number of primary amides is 1. The minimum atomic E-state index is -0.552. The van der Waals surface area contributed by atoms with E-state index in [1.165, 1.54) is 0 Å². The third-order valence-electron chi connectivity index (χ3n) is 4.28. The van der Waals surface area contributed by atoms with Gasteiger partial charge in [-0.2, -0.15) is 5.26 Å². The number of fused-ring (bicyclic) bond motifs is 1. The number of nitriles is 1.